The van der Waals surface area contributed by atoms with Gasteiger partial charge >= 0.3 is 5.97 Å². The molecule has 10 heteroatoms. The highest BCUT2D eigenvalue weighted by molar-refractivity contribution is 8.18. The van der Waals surface area contributed by atoms with Crippen molar-refractivity contribution in [1.82, 2.24) is 14.9 Å². The molecule has 0 atom stereocenters. The molecule has 1 saturated heterocycles. The molecule has 3 rings (SSSR count). The summed E-state index contributed by atoms with van der Waals surface area (Å²) >= 11 is 1.02. The number of imidazole rings is 1. The van der Waals surface area contributed by atoms with Gasteiger partial charge in [-0.1, -0.05) is 12.1 Å². The lowest BCUT2D eigenvalue weighted by atomic mass is 10.2. The van der Waals surface area contributed by atoms with Crippen molar-refractivity contribution in [2.24, 2.45) is 10.2 Å². The molecule has 1 aliphatic heterocycles. The second kappa shape index (κ2) is 10.2. The van der Waals surface area contributed by atoms with Crippen LogP contribution in [0.25, 0.3) is 0 Å². The standard InChI is InChI=1S/C19H19N5O4S/c1-27-17(25)11-16-18(26)22-19(29-16)23-21-12-14-4-2-5-15(10-14)28-9-3-7-24-8-6-20-13-24/h2,4-6,8,10-13H,3,7,9H2,1H3,(H,22,23,26)/b16-11+,21-12?. The molecule has 1 fully saturated rings. The highest BCUT2D eigenvalue weighted by atomic mass is 32.2. The summed E-state index contributed by atoms with van der Waals surface area (Å²) in [5.74, 6) is -0.284. The molecule has 0 unspecified atom stereocenters. The van der Waals surface area contributed by atoms with Gasteiger partial charge in [0.2, 0.25) is 0 Å². The van der Waals surface area contributed by atoms with Crippen LogP contribution >= 0.6 is 11.8 Å². The third-order valence-corrected chi connectivity index (χ3v) is 4.60. The molecule has 1 aromatic heterocycles. The Morgan fingerprint density at radius 1 is 1.41 bits per heavy atom. The van der Waals surface area contributed by atoms with Gasteiger partial charge in [0.25, 0.3) is 5.91 Å². The molecule has 29 heavy (non-hydrogen) atoms. The Morgan fingerprint density at radius 3 is 3.10 bits per heavy atom. The lowest BCUT2D eigenvalue weighted by Gasteiger charge is -2.07. The Morgan fingerprint density at radius 2 is 2.31 bits per heavy atom. The number of nitrogens with zero attached hydrogens (tertiary/aromatic N) is 4. The number of carbonyl (C=O) groups is 2. The number of amides is 1. The molecule has 0 spiro atoms. The molecule has 0 aliphatic carbocycles. The predicted octanol–water partition coefficient (Wildman–Crippen LogP) is 1.96. The van der Waals surface area contributed by atoms with Crippen molar-refractivity contribution in [3.63, 3.8) is 0 Å². The lowest BCUT2D eigenvalue weighted by Crippen LogP contribution is -2.19. The van der Waals surface area contributed by atoms with E-state index in [4.69, 9.17) is 4.74 Å². The molecule has 1 amide bonds. The summed E-state index contributed by atoms with van der Waals surface area (Å²) in [6, 6.07) is 7.45. The van der Waals surface area contributed by atoms with E-state index in [1.165, 1.54) is 7.11 Å². The molecular weight excluding hydrogens is 394 g/mol. The second-order valence-corrected chi connectivity index (χ2v) is 6.84. The zero-order chi connectivity index (χ0) is 20.5. The Hall–Kier alpha value is -3.40. The predicted molar refractivity (Wildman–Crippen MR) is 110 cm³/mol. The monoisotopic (exact) mass is 413 g/mol. The Balaban J connectivity index is 1.51. The van der Waals surface area contributed by atoms with Gasteiger partial charge in [-0.2, -0.15) is 5.10 Å². The fourth-order valence-electron chi connectivity index (χ4n) is 2.33. The summed E-state index contributed by atoms with van der Waals surface area (Å²) in [5.41, 5.74) is 0.807. The third kappa shape index (κ3) is 6.32. The number of ether oxygens (including phenoxy) is 2. The van der Waals surface area contributed by atoms with Crippen LogP contribution in [0.4, 0.5) is 0 Å². The fraction of sp³-hybridized carbons (Fsp3) is 0.211. The van der Waals surface area contributed by atoms with Gasteiger partial charge in [0.15, 0.2) is 5.17 Å². The SMILES string of the molecule is COC(=O)/C=C1/S/C(=N\N=Cc2cccc(OCCCn3ccnc3)c2)NC1=O. The van der Waals surface area contributed by atoms with Crippen LogP contribution in [0.5, 0.6) is 5.75 Å². The molecule has 1 aromatic carbocycles. The summed E-state index contributed by atoms with van der Waals surface area (Å²) < 4.78 is 12.3. The fourth-order valence-corrected chi connectivity index (χ4v) is 3.07. The number of amidine groups is 1. The summed E-state index contributed by atoms with van der Waals surface area (Å²) in [6.45, 7) is 1.42. The van der Waals surface area contributed by atoms with Crippen molar-refractivity contribution < 1.29 is 19.1 Å². The van der Waals surface area contributed by atoms with Gasteiger partial charge in [0.1, 0.15) is 5.75 Å². The molecular formula is C19H19N5O4S. The Kier molecular flexibility index (Phi) is 7.17. The zero-order valence-electron chi connectivity index (χ0n) is 15.6. The lowest BCUT2D eigenvalue weighted by molar-refractivity contribution is -0.135. The average molecular weight is 413 g/mol. The van der Waals surface area contributed by atoms with E-state index in [1.807, 2.05) is 35.0 Å². The molecule has 2 heterocycles. The molecule has 1 aliphatic rings. The van der Waals surface area contributed by atoms with E-state index < -0.39 is 11.9 Å². The number of carbonyl (C=O) groups excluding carboxylic acids is 2. The largest absolute Gasteiger partial charge is 0.494 e. The number of benzene rings is 1. The van der Waals surface area contributed by atoms with Gasteiger partial charge in [-0.05, 0) is 35.9 Å². The highest BCUT2D eigenvalue weighted by Crippen LogP contribution is 2.23. The Bertz CT molecular complexity index is 953. The van der Waals surface area contributed by atoms with E-state index in [1.54, 1.807) is 18.7 Å². The minimum Gasteiger partial charge on any atom is -0.494 e. The normalized spacial score (nSPS) is 16.5. The van der Waals surface area contributed by atoms with Crippen LogP contribution in [0.3, 0.4) is 0 Å². The van der Waals surface area contributed by atoms with Crippen molar-refractivity contribution in [2.45, 2.75) is 13.0 Å². The quantitative estimate of drug-likeness (QED) is 0.233. The van der Waals surface area contributed by atoms with Gasteiger partial charge in [-0.25, -0.2) is 9.78 Å². The average Bonchev–Trinajstić information content (AvgIpc) is 3.35. The van der Waals surface area contributed by atoms with E-state index >= 15 is 0 Å². The topological polar surface area (TPSA) is 107 Å². The number of nitrogens with one attached hydrogen (secondary N) is 1. The maximum absolute atomic E-state index is 11.8. The third-order valence-electron chi connectivity index (χ3n) is 3.70. The number of esters is 1. The zero-order valence-corrected chi connectivity index (χ0v) is 16.5. The van der Waals surface area contributed by atoms with Crippen LogP contribution in [0, 0.1) is 0 Å². The molecule has 0 radical (unpaired) electrons. The minimum absolute atomic E-state index is 0.205. The van der Waals surface area contributed by atoms with Gasteiger partial charge in [0.05, 0.1) is 31.2 Å². The molecule has 0 bridgehead atoms. The van der Waals surface area contributed by atoms with Crippen LogP contribution < -0.4 is 10.1 Å². The number of methoxy groups -OCH3 is 1. The van der Waals surface area contributed by atoms with Crippen molar-refractivity contribution >= 4 is 35.0 Å². The summed E-state index contributed by atoms with van der Waals surface area (Å²) in [6.07, 6.45) is 8.97. The van der Waals surface area contributed by atoms with Gasteiger partial charge < -0.3 is 14.0 Å². The van der Waals surface area contributed by atoms with E-state index in [0.717, 1.165) is 42.1 Å². The number of rotatable bonds is 8. The van der Waals surface area contributed by atoms with E-state index in [-0.39, 0.29) is 10.1 Å². The van der Waals surface area contributed by atoms with Crippen molar-refractivity contribution in [2.75, 3.05) is 13.7 Å². The minimum atomic E-state index is -0.603. The first-order valence-electron chi connectivity index (χ1n) is 8.72. The van der Waals surface area contributed by atoms with Crippen molar-refractivity contribution in [3.8, 4) is 5.75 Å². The van der Waals surface area contributed by atoms with Crippen LogP contribution in [0.15, 0.2) is 64.2 Å². The molecule has 9 nitrogen and oxygen atoms in total. The van der Waals surface area contributed by atoms with E-state index in [9.17, 15) is 9.59 Å². The summed E-state index contributed by atoms with van der Waals surface area (Å²) in [4.78, 5) is 27.2. The number of hydrogen-bond acceptors (Lipinski definition) is 8. The summed E-state index contributed by atoms with van der Waals surface area (Å²) in [5, 5.41) is 10.8. The maximum Gasteiger partial charge on any atom is 0.331 e. The molecule has 2 aromatic rings. The van der Waals surface area contributed by atoms with Gasteiger partial charge in [-0.15, -0.1) is 5.10 Å². The van der Waals surface area contributed by atoms with Gasteiger partial charge in [-0.3, -0.25) is 10.1 Å². The Labute approximate surface area is 171 Å². The van der Waals surface area contributed by atoms with Crippen molar-refractivity contribution in [1.29, 1.82) is 0 Å². The number of aryl methyl sites for hydroxylation is 1. The maximum atomic E-state index is 11.8. The highest BCUT2D eigenvalue weighted by Gasteiger charge is 2.24. The second-order valence-electron chi connectivity index (χ2n) is 5.81. The molecule has 0 saturated carbocycles. The van der Waals surface area contributed by atoms with E-state index in [0.29, 0.717) is 6.61 Å². The summed E-state index contributed by atoms with van der Waals surface area (Å²) in [7, 11) is 1.24. The molecule has 150 valence electrons. The first-order valence-corrected chi connectivity index (χ1v) is 9.54. The van der Waals surface area contributed by atoms with Crippen LogP contribution in [-0.2, 0) is 20.9 Å². The number of thioether (sulfide) groups is 1. The van der Waals surface area contributed by atoms with Crippen molar-refractivity contribution in [3.05, 3.63) is 59.5 Å². The van der Waals surface area contributed by atoms with Crippen LogP contribution in [-0.4, -0.2) is 46.5 Å². The van der Waals surface area contributed by atoms with Crippen LogP contribution in [0.1, 0.15) is 12.0 Å². The van der Waals surface area contributed by atoms with Gasteiger partial charge in [0, 0.05) is 25.0 Å². The number of aromatic nitrogens is 2. The first-order chi connectivity index (χ1) is 14.1. The van der Waals surface area contributed by atoms with Crippen LogP contribution in [0.2, 0.25) is 0 Å². The van der Waals surface area contributed by atoms with E-state index in [2.05, 4.69) is 25.2 Å². The number of hydrogen-bond donors (Lipinski definition) is 1. The molecule has 1 N–H and O–H groups in total. The smallest absolute Gasteiger partial charge is 0.331 e. The first kappa shape index (κ1) is 20.3.